The van der Waals surface area contributed by atoms with Gasteiger partial charge in [-0.15, -0.1) is 0 Å². The molecule has 1 atom stereocenters. The van der Waals surface area contributed by atoms with E-state index in [-0.39, 0.29) is 0 Å². The topological polar surface area (TPSA) is 47.1 Å². The Hall–Kier alpha value is -0.870. The van der Waals surface area contributed by atoms with Gasteiger partial charge in [-0.3, -0.25) is 4.90 Å². The maximum atomic E-state index is 6.06. The first-order valence-electron chi connectivity index (χ1n) is 6.15. The maximum absolute atomic E-state index is 6.06. The molecule has 1 aliphatic rings. The van der Waals surface area contributed by atoms with Gasteiger partial charge in [0.1, 0.15) is 5.82 Å². The number of imidazole rings is 1. The van der Waals surface area contributed by atoms with Crippen LogP contribution in [0.15, 0.2) is 12.4 Å². The Kier molecular flexibility index (Phi) is 3.61. The lowest BCUT2D eigenvalue weighted by molar-refractivity contribution is 0.204. The van der Waals surface area contributed by atoms with Gasteiger partial charge in [0.15, 0.2) is 0 Å². The van der Waals surface area contributed by atoms with Crippen molar-refractivity contribution in [1.82, 2.24) is 14.5 Å². The van der Waals surface area contributed by atoms with Gasteiger partial charge in [-0.2, -0.15) is 0 Å². The quantitative estimate of drug-likeness (QED) is 0.829. The van der Waals surface area contributed by atoms with Crippen LogP contribution in [0.5, 0.6) is 0 Å². The van der Waals surface area contributed by atoms with Gasteiger partial charge < -0.3 is 10.3 Å². The van der Waals surface area contributed by atoms with E-state index in [1.807, 2.05) is 6.20 Å². The summed E-state index contributed by atoms with van der Waals surface area (Å²) in [6.07, 6.45) is 5.03. The maximum Gasteiger partial charge on any atom is 0.122 e. The molecule has 1 unspecified atom stereocenters. The molecule has 0 spiro atoms. The second-order valence-corrected chi connectivity index (χ2v) is 5.01. The van der Waals surface area contributed by atoms with Crippen molar-refractivity contribution >= 4 is 0 Å². The van der Waals surface area contributed by atoms with E-state index in [2.05, 4.69) is 34.5 Å². The Balaban J connectivity index is 1.81. The van der Waals surface area contributed by atoms with Gasteiger partial charge >= 0.3 is 0 Å². The first kappa shape index (κ1) is 11.6. The van der Waals surface area contributed by atoms with Crippen molar-refractivity contribution in [1.29, 1.82) is 0 Å². The fraction of sp³-hybridized carbons (Fsp3) is 0.750. The normalized spacial score (nSPS) is 18.8. The summed E-state index contributed by atoms with van der Waals surface area (Å²) in [5, 5.41) is 0. The number of nitrogens with zero attached hydrogens (tertiary/aromatic N) is 3. The molecule has 90 valence electrons. The number of nitrogens with two attached hydrogens (primary N) is 1. The monoisotopic (exact) mass is 222 g/mol. The number of hydrogen-bond acceptors (Lipinski definition) is 3. The SMILES string of the molecule is CC(C)C(N)CCN1CCn2ccnc2C1. The van der Waals surface area contributed by atoms with Gasteiger partial charge in [-0.05, 0) is 12.3 Å². The average Bonchev–Trinajstić information content (AvgIpc) is 2.72. The molecule has 4 heteroatoms. The Morgan fingerprint density at radius 3 is 3.00 bits per heavy atom. The lowest BCUT2D eigenvalue weighted by Gasteiger charge is -2.29. The summed E-state index contributed by atoms with van der Waals surface area (Å²) in [4.78, 5) is 6.81. The summed E-state index contributed by atoms with van der Waals surface area (Å²) in [5.74, 6) is 1.76. The molecule has 0 bridgehead atoms. The average molecular weight is 222 g/mol. The zero-order valence-electron chi connectivity index (χ0n) is 10.3. The molecule has 16 heavy (non-hydrogen) atoms. The second kappa shape index (κ2) is 4.97. The molecular formula is C12H22N4. The molecule has 1 aliphatic heterocycles. The molecule has 2 rings (SSSR count). The van der Waals surface area contributed by atoms with Crippen LogP contribution in [0.3, 0.4) is 0 Å². The van der Waals surface area contributed by atoms with Crippen LogP contribution in [0.2, 0.25) is 0 Å². The van der Waals surface area contributed by atoms with Gasteiger partial charge in [0.2, 0.25) is 0 Å². The number of fused-ring (bicyclic) bond motifs is 1. The largest absolute Gasteiger partial charge is 0.333 e. The van der Waals surface area contributed by atoms with E-state index in [1.54, 1.807) is 0 Å². The predicted molar refractivity (Wildman–Crippen MR) is 64.9 cm³/mol. The molecule has 0 radical (unpaired) electrons. The molecule has 1 aromatic heterocycles. The molecule has 0 aliphatic carbocycles. The first-order valence-corrected chi connectivity index (χ1v) is 6.15. The first-order chi connectivity index (χ1) is 7.66. The third-order valence-electron chi connectivity index (χ3n) is 3.46. The fourth-order valence-electron chi connectivity index (χ4n) is 2.08. The Labute approximate surface area is 97.4 Å². The number of hydrogen-bond donors (Lipinski definition) is 1. The van der Waals surface area contributed by atoms with Crippen molar-refractivity contribution in [2.24, 2.45) is 11.7 Å². The van der Waals surface area contributed by atoms with Crippen molar-refractivity contribution < 1.29 is 0 Å². The highest BCUT2D eigenvalue weighted by Crippen LogP contribution is 2.12. The predicted octanol–water partition coefficient (Wildman–Crippen LogP) is 1.07. The smallest absolute Gasteiger partial charge is 0.122 e. The highest BCUT2D eigenvalue weighted by molar-refractivity contribution is 4.95. The van der Waals surface area contributed by atoms with Crippen molar-refractivity contribution in [3.05, 3.63) is 18.2 Å². The minimum absolute atomic E-state index is 0.321. The standard InChI is InChI=1S/C12H22N4/c1-10(2)11(13)3-5-15-7-8-16-6-4-14-12(16)9-15/h4,6,10-11H,3,5,7-9,13H2,1-2H3. The van der Waals surface area contributed by atoms with E-state index in [9.17, 15) is 0 Å². The molecule has 2 heterocycles. The van der Waals surface area contributed by atoms with Crippen LogP contribution < -0.4 is 5.73 Å². The molecule has 0 saturated heterocycles. The van der Waals surface area contributed by atoms with Crippen molar-refractivity contribution in [2.75, 3.05) is 13.1 Å². The van der Waals surface area contributed by atoms with Gasteiger partial charge in [-0.25, -0.2) is 4.98 Å². The van der Waals surface area contributed by atoms with E-state index >= 15 is 0 Å². The molecule has 2 N–H and O–H groups in total. The van der Waals surface area contributed by atoms with Gasteiger partial charge in [-0.1, -0.05) is 13.8 Å². The van der Waals surface area contributed by atoms with Crippen molar-refractivity contribution in [2.45, 2.75) is 39.4 Å². The molecular weight excluding hydrogens is 200 g/mol. The summed E-state index contributed by atoms with van der Waals surface area (Å²) in [5.41, 5.74) is 6.06. The summed E-state index contributed by atoms with van der Waals surface area (Å²) in [7, 11) is 0. The van der Waals surface area contributed by atoms with Crippen LogP contribution in [-0.2, 0) is 13.1 Å². The molecule has 1 aromatic rings. The van der Waals surface area contributed by atoms with E-state index < -0.39 is 0 Å². The zero-order chi connectivity index (χ0) is 11.5. The van der Waals surface area contributed by atoms with E-state index in [1.165, 1.54) is 5.82 Å². The Morgan fingerprint density at radius 2 is 2.25 bits per heavy atom. The molecule has 0 fully saturated rings. The van der Waals surface area contributed by atoms with Crippen LogP contribution >= 0.6 is 0 Å². The Morgan fingerprint density at radius 1 is 1.44 bits per heavy atom. The van der Waals surface area contributed by atoms with Crippen LogP contribution in [0.4, 0.5) is 0 Å². The van der Waals surface area contributed by atoms with Crippen LogP contribution in [-0.4, -0.2) is 33.6 Å². The Bertz CT molecular complexity index is 332. The third-order valence-corrected chi connectivity index (χ3v) is 3.46. The third kappa shape index (κ3) is 2.62. The van der Waals surface area contributed by atoms with Crippen molar-refractivity contribution in [3.8, 4) is 0 Å². The minimum atomic E-state index is 0.321. The highest BCUT2D eigenvalue weighted by Gasteiger charge is 2.17. The van der Waals surface area contributed by atoms with Gasteiger partial charge in [0, 0.05) is 38.1 Å². The van der Waals surface area contributed by atoms with Crippen LogP contribution in [0.25, 0.3) is 0 Å². The molecule has 4 nitrogen and oxygen atoms in total. The number of aromatic nitrogens is 2. The van der Waals surface area contributed by atoms with E-state index in [4.69, 9.17) is 5.73 Å². The second-order valence-electron chi connectivity index (χ2n) is 5.01. The van der Waals surface area contributed by atoms with Crippen molar-refractivity contribution in [3.63, 3.8) is 0 Å². The summed E-state index contributed by atoms with van der Waals surface area (Å²) in [6, 6.07) is 0.321. The lowest BCUT2D eigenvalue weighted by Crippen LogP contribution is -2.38. The summed E-state index contributed by atoms with van der Waals surface area (Å²) >= 11 is 0. The van der Waals surface area contributed by atoms with Gasteiger partial charge in [0.05, 0.1) is 6.54 Å². The molecule has 0 amide bonds. The fourth-order valence-corrected chi connectivity index (χ4v) is 2.08. The van der Waals surface area contributed by atoms with E-state index in [0.717, 1.165) is 32.6 Å². The molecule has 0 aromatic carbocycles. The summed E-state index contributed by atoms with van der Waals surface area (Å²) < 4.78 is 2.23. The minimum Gasteiger partial charge on any atom is -0.333 e. The van der Waals surface area contributed by atoms with Gasteiger partial charge in [0.25, 0.3) is 0 Å². The summed E-state index contributed by atoms with van der Waals surface area (Å²) in [6.45, 7) is 8.62. The molecule has 0 saturated carbocycles. The highest BCUT2D eigenvalue weighted by atomic mass is 15.2. The van der Waals surface area contributed by atoms with E-state index in [0.29, 0.717) is 12.0 Å². The zero-order valence-corrected chi connectivity index (χ0v) is 10.3. The van der Waals surface area contributed by atoms with Crippen LogP contribution in [0, 0.1) is 5.92 Å². The number of rotatable bonds is 4. The van der Waals surface area contributed by atoms with Crippen LogP contribution in [0.1, 0.15) is 26.1 Å². The lowest BCUT2D eigenvalue weighted by atomic mass is 10.0.